The lowest BCUT2D eigenvalue weighted by Crippen LogP contribution is -2.42. The van der Waals surface area contributed by atoms with Crippen molar-refractivity contribution in [3.05, 3.63) is 29.8 Å². The minimum absolute atomic E-state index is 0.106. The van der Waals surface area contributed by atoms with Gasteiger partial charge in [-0.2, -0.15) is 0 Å². The molecule has 0 saturated heterocycles. The van der Waals surface area contributed by atoms with Gasteiger partial charge in [0, 0.05) is 13.0 Å². The maximum atomic E-state index is 5.78. The first-order valence-corrected chi connectivity index (χ1v) is 5.83. The molecule has 0 aromatic heterocycles. The quantitative estimate of drug-likeness (QED) is 0.307. The highest BCUT2D eigenvalue weighted by Crippen LogP contribution is 2.27. The van der Waals surface area contributed by atoms with Gasteiger partial charge in [0.1, 0.15) is 11.9 Å². The van der Waals surface area contributed by atoms with Crippen LogP contribution in [0.15, 0.2) is 29.3 Å². The van der Waals surface area contributed by atoms with Crippen molar-refractivity contribution in [1.82, 2.24) is 10.7 Å². The number of para-hydroxylation sites is 1. The van der Waals surface area contributed by atoms with Gasteiger partial charge < -0.3 is 10.1 Å². The van der Waals surface area contributed by atoms with Crippen LogP contribution in [0, 0.1) is 0 Å². The molecule has 0 spiro atoms. The van der Waals surface area contributed by atoms with Gasteiger partial charge in [-0.3, -0.25) is 5.43 Å². The number of hydrazine groups is 1. The van der Waals surface area contributed by atoms with Crippen LogP contribution in [0.5, 0.6) is 5.75 Å². The van der Waals surface area contributed by atoms with E-state index in [1.54, 1.807) is 0 Å². The third kappa shape index (κ3) is 2.88. The number of ether oxygens (including phenoxy) is 1. The van der Waals surface area contributed by atoms with Crippen LogP contribution in [-0.4, -0.2) is 25.2 Å². The number of hydrogen-bond acceptors (Lipinski definition) is 3. The first kappa shape index (κ1) is 11.7. The van der Waals surface area contributed by atoms with Crippen LogP contribution in [0.3, 0.4) is 0 Å². The van der Waals surface area contributed by atoms with Crippen LogP contribution in [-0.2, 0) is 6.42 Å². The molecule has 0 saturated carbocycles. The summed E-state index contributed by atoms with van der Waals surface area (Å²) in [6, 6.07) is 8.09. The molecule has 17 heavy (non-hydrogen) atoms. The highest BCUT2D eigenvalue weighted by Gasteiger charge is 2.21. The minimum Gasteiger partial charge on any atom is -0.488 e. The maximum absolute atomic E-state index is 5.78. The van der Waals surface area contributed by atoms with Crippen LogP contribution < -0.4 is 21.3 Å². The number of benzene rings is 1. The van der Waals surface area contributed by atoms with Crippen LogP contribution >= 0.6 is 0 Å². The van der Waals surface area contributed by atoms with Gasteiger partial charge in [0.25, 0.3) is 0 Å². The first-order valence-electron chi connectivity index (χ1n) is 5.83. The van der Waals surface area contributed by atoms with E-state index in [1.807, 2.05) is 25.1 Å². The molecule has 0 bridgehead atoms. The van der Waals surface area contributed by atoms with Gasteiger partial charge in [0.2, 0.25) is 5.96 Å². The average Bonchev–Trinajstić information content (AvgIpc) is 2.77. The number of guanidine groups is 1. The molecule has 1 aromatic rings. The molecule has 2 rings (SSSR count). The summed E-state index contributed by atoms with van der Waals surface area (Å²) < 4.78 is 5.78. The number of nitrogens with one attached hydrogen (secondary N) is 2. The van der Waals surface area contributed by atoms with E-state index in [0.717, 1.165) is 18.7 Å². The standard InChI is InChI=1S/C12H18N4O/c1-2-14-12(16-13)15-8-10-7-9-5-3-4-6-11(9)17-10/h3-6,10H,2,7-8,13H2,1H3,(H2,14,15,16). The second-order valence-corrected chi connectivity index (χ2v) is 3.92. The molecule has 0 amide bonds. The summed E-state index contributed by atoms with van der Waals surface area (Å²) in [7, 11) is 0. The van der Waals surface area contributed by atoms with Crippen molar-refractivity contribution in [2.75, 3.05) is 13.1 Å². The lowest BCUT2D eigenvalue weighted by molar-refractivity contribution is 0.241. The number of hydrogen-bond donors (Lipinski definition) is 3. The molecule has 1 unspecified atom stereocenters. The molecule has 1 aromatic carbocycles. The van der Waals surface area contributed by atoms with Crippen molar-refractivity contribution in [3.63, 3.8) is 0 Å². The van der Waals surface area contributed by atoms with E-state index < -0.39 is 0 Å². The van der Waals surface area contributed by atoms with Crippen molar-refractivity contribution in [1.29, 1.82) is 0 Å². The third-order valence-corrected chi connectivity index (χ3v) is 2.65. The fourth-order valence-electron chi connectivity index (χ4n) is 1.87. The van der Waals surface area contributed by atoms with Crippen LogP contribution in [0.2, 0.25) is 0 Å². The molecule has 1 aliphatic heterocycles. The average molecular weight is 234 g/mol. The normalized spacial score (nSPS) is 18.5. The van der Waals surface area contributed by atoms with E-state index in [1.165, 1.54) is 5.56 Å². The molecule has 5 nitrogen and oxygen atoms in total. The van der Waals surface area contributed by atoms with Crippen molar-refractivity contribution in [2.45, 2.75) is 19.4 Å². The molecule has 0 aliphatic carbocycles. The minimum atomic E-state index is 0.106. The first-order chi connectivity index (χ1) is 8.33. The smallest absolute Gasteiger partial charge is 0.205 e. The molecule has 1 atom stereocenters. The molecular formula is C12H18N4O. The van der Waals surface area contributed by atoms with Gasteiger partial charge in [-0.25, -0.2) is 10.8 Å². The van der Waals surface area contributed by atoms with E-state index in [2.05, 4.69) is 21.8 Å². The number of rotatable bonds is 3. The number of nitrogens with two attached hydrogens (primary N) is 1. The number of aliphatic imine (C=N–C) groups is 1. The van der Waals surface area contributed by atoms with E-state index in [9.17, 15) is 0 Å². The largest absolute Gasteiger partial charge is 0.488 e. The van der Waals surface area contributed by atoms with E-state index in [0.29, 0.717) is 12.5 Å². The van der Waals surface area contributed by atoms with Crippen LogP contribution in [0.1, 0.15) is 12.5 Å². The fourth-order valence-corrected chi connectivity index (χ4v) is 1.87. The summed E-state index contributed by atoms with van der Waals surface area (Å²) in [5, 5.41) is 3.04. The zero-order valence-electron chi connectivity index (χ0n) is 9.94. The van der Waals surface area contributed by atoms with Gasteiger partial charge in [-0.15, -0.1) is 0 Å². The Labute approximate surface area is 101 Å². The summed E-state index contributed by atoms with van der Waals surface area (Å²) >= 11 is 0. The predicted octanol–water partition coefficient (Wildman–Crippen LogP) is 0.419. The summed E-state index contributed by atoms with van der Waals surface area (Å²) in [6.07, 6.45) is 1.01. The molecular weight excluding hydrogens is 216 g/mol. The Hall–Kier alpha value is -1.75. The Morgan fingerprint density at radius 1 is 1.53 bits per heavy atom. The Bertz CT molecular complexity index is 380. The summed E-state index contributed by atoms with van der Waals surface area (Å²) in [6.45, 7) is 3.38. The lowest BCUT2D eigenvalue weighted by Gasteiger charge is -2.10. The van der Waals surface area contributed by atoms with Crippen molar-refractivity contribution < 1.29 is 4.74 Å². The van der Waals surface area contributed by atoms with Gasteiger partial charge in [0.05, 0.1) is 6.54 Å². The maximum Gasteiger partial charge on any atom is 0.205 e. The second kappa shape index (κ2) is 5.54. The molecule has 1 heterocycles. The second-order valence-electron chi connectivity index (χ2n) is 3.92. The SMILES string of the molecule is CCNC(=NCC1Cc2ccccc2O1)NN. The summed E-state index contributed by atoms with van der Waals surface area (Å²) in [5.74, 6) is 6.92. The Morgan fingerprint density at radius 2 is 2.35 bits per heavy atom. The highest BCUT2D eigenvalue weighted by atomic mass is 16.5. The van der Waals surface area contributed by atoms with Crippen LogP contribution in [0.25, 0.3) is 0 Å². The zero-order valence-corrected chi connectivity index (χ0v) is 9.94. The number of fused-ring (bicyclic) bond motifs is 1. The van der Waals surface area contributed by atoms with E-state index in [-0.39, 0.29) is 6.10 Å². The van der Waals surface area contributed by atoms with Gasteiger partial charge in [0.15, 0.2) is 0 Å². The van der Waals surface area contributed by atoms with Crippen molar-refractivity contribution >= 4 is 5.96 Å². The number of nitrogens with zero attached hydrogens (tertiary/aromatic N) is 1. The topological polar surface area (TPSA) is 71.7 Å². The van der Waals surface area contributed by atoms with E-state index >= 15 is 0 Å². The molecule has 5 heteroatoms. The molecule has 4 N–H and O–H groups in total. The summed E-state index contributed by atoms with van der Waals surface area (Å²) in [5.41, 5.74) is 3.78. The third-order valence-electron chi connectivity index (χ3n) is 2.65. The van der Waals surface area contributed by atoms with Gasteiger partial charge in [-0.05, 0) is 18.6 Å². The zero-order chi connectivity index (χ0) is 12.1. The fraction of sp³-hybridized carbons (Fsp3) is 0.417. The van der Waals surface area contributed by atoms with Crippen LogP contribution in [0.4, 0.5) is 0 Å². The van der Waals surface area contributed by atoms with Gasteiger partial charge in [-0.1, -0.05) is 18.2 Å². The molecule has 0 fully saturated rings. The molecule has 92 valence electrons. The monoisotopic (exact) mass is 234 g/mol. The predicted molar refractivity (Wildman–Crippen MR) is 67.9 cm³/mol. The highest BCUT2D eigenvalue weighted by molar-refractivity contribution is 5.79. The summed E-state index contributed by atoms with van der Waals surface area (Å²) in [4.78, 5) is 4.34. The van der Waals surface area contributed by atoms with Gasteiger partial charge >= 0.3 is 0 Å². The Kier molecular flexibility index (Phi) is 3.82. The van der Waals surface area contributed by atoms with E-state index in [4.69, 9.17) is 10.6 Å². The Morgan fingerprint density at radius 3 is 3.06 bits per heavy atom. The van der Waals surface area contributed by atoms with Crippen molar-refractivity contribution in [2.24, 2.45) is 10.8 Å². The molecule has 1 aliphatic rings. The lowest BCUT2D eigenvalue weighted by atomic mass is 10.1. The Balaban J connectivity index is 1.91. The molecule has 0 radical (unpaired) electrons. The van der Waals surface area contributed by atoms with Crippen molar-refractivity contribution in [3.8, 4) is 5.75 Å².